The Hall–Kier alpha value is -1.17. The lowest BCUT2D eigenvalue weighted by Gasteiger charge is -2.23. The summed E-state index contributed by atoms with van der Waals surface area (Å²) in [4.78, 5) is 8.52. The van der Waals surface area contributed by atoms with Gasteiger partial charge in [0, 0.05) is 17.4 Å². The quantitative estimate of drug-likeness (QED) is 0.856. The van der Waals surface area contributed by atoms with Crippen LogP contribution in [0.3, 0.4) is 0 Å². The summed E-state index contributed by atoms with van der Waals surface area (Å²) >= 11 is 0. The molecule has 1 aromatic rings. The Labute approximate surface area is 102 Å². The molecule has 2 rings (SSSR count). The predicted octanol–water partition coefficient (Wildman–Crippen LogP) is 1.08. The topological polar surface area (TPSA) is 72.0 Å². The van der Waals surface area contributed by atoms with Crippen LogP contribution in [0.4, 0.5) is 5.95 Å². The minimum atomic E-state index is -2.89. The van der Waals surface area contributed by atoms with Gasteiger partial charge in [0.1, 0.15) is 0 Å². The molecule has 0 radical (unpaired) electrons. The van der Waals surface area contributed by atoms with Crippen LogP contribution >= 0.6 is 0 Å². The Kier molecular flexibility index (Phi) is 3.33. The molecule has 2 heterocycles. The Morgan fingerprint density at radius 2 is 1.94 bits per heavy atom. The minimum absolute atomic E-state index is 0.0602. The molecule has 1 N–H and O–H groups in total. The smallest absolute Gasteiger partial charge is 0.223 e. The van der Waals surface area contributed by atoms with Crippen molar-refractivity contribution in [1.82, 2.24) is 9.97 Å². The Balaban J connectivity index is 2.10. The maximum Gasteiger partial charge on any atom is 0.223 e. The molecule has 5 nitrogen and oxygen atoms in total. The van der Waals surface area contributed by atoms with E-state index in [4.69, 9.17) is 0 Å². The molecule has 1 aliphatic rings. The molecule has 0 aliphatic carbocycles. The van der Waals surface area contributed by atoms with Crippen molar-refractivity contribution in [1.29, 1.82) is 0 Å². The summed E-state index contributed by atoms with van der Waals surface area (Å²) in [5.41, 5.74) is 1.78. The molecule has 0 aromatic carbocycles. The van der Waals surface area contributed by atoms with E-state index in [2.05, 4.69) is 15.3 Å². The standard InChI is InChI=1S/C11H17N3O2S/c1-8-6-9(2)13-11(12-8)14-10-4-3-5-17(15,16)7-10/h6,10H,3-5,7H2,1-2H3,(H,12,13,14). The molecule has 1 unspecified atom stereocenters. The molecule has 0 spiro atoms. The number of sulfone groups is 1. The number of anilines is 1. The number of nitrogens with zero attached hydrogens (tertiary/aromatic N) is 2. The van der Waals surface area contributed by atoms with Crippen LogP contribution in [0.5, 0.6) is 0 Å². The molecule has 1 aliphatic heterocycles. The van der Waals surface area contributed by atoms with Crippen LogP contribution in [-0.2, 0) is 9.84 Å². The molecule has 6 heteroatoms. The zero-order valence-electron chi connectivity index (χ0n) is 10.1. The molecule has 0 bridgehead atoms. The van der Waals surface area contributed by atoms with Crippen molar-refractivity contribution in [2.75, 3.05) is 16.8 Å². The van der Waals surface area contributed by atoms with Crippen LogP contribution in [0.15, 0.2) is 6.07 Å². The van der Waals surface area contributed by atoms with Crippen molar-refractivity contribution in [2.24, 2.45) is 0 Å². The average molecular weight is 255 g/mol. The van der Waals surface area contributed by atoms with Crippen molar-refractivity contribution in [3.05, 3.63) is 17.5 Å². The van der Waals surface area contributed by atoms with Crippen LogP contribution in [0, 0.1) is 13.8 Å². The molecular formula is C11H17N3O2S. The van der Waals surface area contributed by atoms with Gasteiger partial charge in [-0.3, -0.25) is 0 Å². The van der Waals surface area contributed by atoms with E-state index in [0.717, 1.165) is 17.8 Å². The molecule has 1 aromatic heterocycles. The Morgan fingerprint density at radius 1 is 1.29 bits per heavy atom. The van der Waals surface area contributed by atoms with Crippen LogP contribution in [0.2, 0.25) is 0 Å². The van der Waals surface area contributed by atoms with Gasteiger partial charge in [-0.1, -0.05) is 0 Å². The first-order valence-electron chi connectivity index (χ1n) is 5.74. The van der Waals surface area contributed by atoms with Crippen molar-refractivity contribution < 1.29 is 8.42 Å². The Bertz CT molecular complexity index is 493. The van der Waals surface area contributed by atoms with Crippen LogP contribution in [-0.4, -0.2) is 35.9 Å². The van der Waals surface area contributed by atoms with Gasteiger partial charge in [0.25, 0.3) is 0 Å². The molecule has 0 saturated carbocycles. The molecule has 1 saturated heterocycles. The van der Waals surface area contributed by atoms with E-state index in [-0.39, 0.29) is 11.8 Å². The average Bonchev–Trinajstić information content (AvgIpc) is 2.13. The van der Waals surface area contributed by atoms with Gasteiger partial charge in [-0.05, 0) is 32.8 Å². The monoisotopic (exact) mass is 255 g/mol. The highest BCUT2D eigenvalue weighted by atomic mass is 32.2. The van der Waals surface area contributed by atoms with Gasteiger partial charge >= 0.3 is 0 Å². The molecule has 17 heavy (non-hydrogen) atoms. The van der Waals surface area contributed by atoms with E-state index in [1.807, 2.05) is 19.9 Å². The van der Waals surface area contributed by atoms with E-state index in [1.165, 1.54) is 0 Å². The zero-order valence-corrected chi connectivity index (χ0v) is 10.9. The third kappa shape index (κ3) is 3.39. The van der Waals surface area contributed by atoms with E-state index in [0.29, 0.717) is 18.1 Å². The SMILES string of the molecule is Cc1cc(C)nc(NC2CCCS(=O)(=O)C2)n1. The fraction of sp³-hybridized carbons (Fsp3) is 0.636. The predicted molar refractivity (Wildman–Crippen MR) is 66.8 cm³/mol. The summed E-state index contributed by atoms with van der Waals surface area (Å²) in [7, 11) is -2.89. The van der Waals surface area contributed by atoms with Gasteiger partial charge in [-0.15, -0.1) is 0 Å². The van der Waals surface area contributed by atoms with Gasteiger partial charge in [0.15, 0.2) is 9.84 Å². The second-order valence-electron chi connectivity index (χ2n) is 4.57. The molecule has 1 fully saturated rings. The van der Waals surface area contributed by atoms with E-state index in [9.17, 15) is 8.42 Å². The number of hydrogen-bond acceptors (Lipinski definition) is 5. The van der Waals surface area contributed by atoms with E-state index in [1.54, 1.807) is 0 Å². The van der Waals surface area contributed by atoms with Crippen LogP contribution < -0.4 is 5.32 Å². The third-order valence-corrected chi connectivity index (χ3v) is 4.60. The second kappa shape index (κ2) is 4.60. The fourth-order valence-corrected chi connectivity index (χ4v) is 3.75. The number of aromatic nitrogens is 2. The van der Waals surface area contributed by atoms with Crippen LogP contribution in [0.25, 0.3) is 0 Å². The van der Waals surface area contributed by atoms with Gasteiger partial charge in [0.05, 0.1) is 11.5 Å². The lowest BCUT2D eigenvalue weighted by molar-refractivity contribution is 0.561. The summed E-state index contributed by atoms with van der Waals surface area (Å²) in [5, 5.41) is 3.12. The van der Waals surface area contributed by atoms with Crippen molar-refractivity contribution in [3.63, 3.8) is 0 Å². The highest BCUT2D eigenvalue weighted by Gasteiger charge is 2.25. The van der Waals surface area contributed by atoms with Crippen molar-refractivity contribution >= 4 is 15.8 Å². The number of rotatable bonds is 2. The zero-order chi connectivity index (χ0) is 12.5. The number of hydrogen-bond donors (Lipinski definition) is 1. The maximum absolute atomic E-state index is 11.5. The number of aryl methyl sites for hydroxylation is 2. The summed E-state index contributed by atoms with van der Waals surface area (Å²) in [6.45, 7) is 3.80. The minimum Gasteiger partial charge on any atom is -0.350 e. The molecular weight excluding hydrogens is 238 g/mol. The normalized spacial score (nSPS) is 23.3. The largest absolute Gasteiger partial charge is 0.350 e. The summed E-state index contributed by atoms with van der Waals surface area (Å²) in [6.07, 6.45) is 1.57. The molecule has 94 valence electrons. The van der Waals surface area contributed by atoms with E-state index >= 15 is 0 Å². The summed E-state index contributed by atoms with van der Waals surface area (Å²) < 4.78 is 23.0. The second-order valence-corrected chi connectivity index (χ2v) is 6.80. The van der Waals surface area contributed by atoms with Gasteiger partial charge in [0.2, 0.25) is 5.95 Å². The van der Waals surface area contributed by atoms with Gasteiger partial charge in [-0.2, -0.15) is 0 Å². The van der Waals surface area contributed by atoms with Crippen LogP contribution in [0.1, 0.15) is 24.2 Å². The summed E-state index contributed by atoms with van der Waals surface area (Å²) in [5.74, 6) is 1.02. The first-order chi connectivity index (χ1) is 7.94. The fourth-order valence-electron chi connectivity index (χ4n) is 2.11. The van der Waals surface area contributed by atoms with Gasteiger partial charge < -0.3 is 5.32 Å². The third-order valence-electron chi connectivity index (χ3n) is 2.78. The highest BCUT2D eigenvalue weighted by Crippen LogP contribution is 2.15. The lowest BCUT2D eigenvalue weighted by atomic mass is 10.2. The summed E-state index contributed by atoms with van der Waals surface area (Å²) in [6, 6.07) is 1.83. The van der Waals surface area contributed by atoms with Gasteiger partial charge in [-0.25, -0.2) is 18.4 Å². The highest BCUT2D eigenvalue weighted by molar-refractivity contribution is 7.91. The van der Waals surface area contributed by atoms with Crippen molar-refractivity contribution in [2.45, 2.75) is 32.7 Å². The first-order valence-corrected chi connectivity index (χ1v) is 7.56. The number of nitrogens with one attached hydrogen (secondary N) is 1. The molecule has 0 amide bonds. The lowest BCUT2D eigenvalue weighted by Crippen LogP contribution is -2.35. The van der Waals surface area contributed by atoms with Crippen molar-refractivity contribution in [3.8, 4) is 0 Å². The Morgan fingerprint density at radius 3 is 2.53 bits per heavy atom. The van der Waals surface area contributed by atoms with E-state index < -0.39 is 9.84 Å². The molecule has 1 atom stereocenters. The first kappa shape index (κ1) is 12.3. The maximum atomic E-state index is 11.5.